The molecule has 2 fully saturated rings. The predicted octanol–water partition coefficient (Wildman–Crippen LogP) is 1.76. The number of rotatable bonds is 6. The topological polar surface area (TPSA) is 53.0 Å². The van der Waals surface area contributed by atoms with Gasteiger partial charge >= 0.3 is 0 Å². The molecule has 5 heteroatoms. The van der Waals surface area contributed by atoms with Gasteiger partial charge in [0.05, 0.1) is 0 Å². The van der Waals surface area contributed by atoms with E-state index < -0.39 is 0 Å². The molecule has 25 heavy (non-hydrogen) atoms. The second-order valence-corrected chi connectivity index (χ2v) is 7.42. The first-order chi connectivity index (χ1) is 12.2. The second-order valence-electron chi connectivity index (χ2n) is 7.42. The number of piperidine rings is 1. The molecule has 1 N–H and O–H groups in total. The third-order valence-electron chi connectivity index (χ3n) is 5.89. The minimum absolute atomic E-state index is 0.0939. The molecular weight excluding hydrogens is 316 g/mol. The van der Waals surface area contributed by atoms with Crippen LogP contribution < -0.4 is 0 Å². The van der Waals surface area contributed by atoms with Crippen LogP contribution in [0.4, 0.5) is 0 Å². The van der Waals surface area contributed by atoms with Crippen molar-refractivity contribution >= 4 is 5.91 Å². The Labute approximate surface area is 150 Å². The molecule has 1 spiro atoms. The summed E-state index contributed by atoms with van der Waals surface area (Å²) in [5.74, 6) is 0.400. The largest absolute Gasteiger partial charge is 0.396 e. The lowest BCUT2D eigenvalue weighted by Gasteiger charge is -2.42. The van der Waals surface area contributed by atoms with Crippen molar-refractivity contribution < 1.29 is 14.6 Å². The average Bonchev–Trinajstić information content (AvgIpc) is 2.97. The molecule has 1 aromatic carbocycles. The molecule has 0 saturated carbocycles. The van der Waals surface area contributed by atoms with Crippen LogP contribution in [0.2, 0.25) is 0 Å². The number of nitrogens with zero attached hydrogens (tertiary/aromatic N) is 2. The molecule has 0 aliphatic carbocycles. The fourth-order valence-corrected chi connectivity index (χ4v) is 4.41. The normalized spacial score (nSPS) is 23.3. The maximum atomic E-state index is 12.2. The zero-order valence-corrected chi connectivity index (χ0v) is 15.2. The highest BCUT2D eigenvalue weighted by atomic mass is 16.5. The SMILES string of the molecule is CCOCC(=O)N1CCC2(CC1)CN(Cc1ccccc1)CC2CO. The van der Waals surface area contributed by atoms with Crippen LogP contribution in [-0.2, 0) is 16.1 Å². The summed E-state index contributed by atoms with van der Waals surface area (Å²) in [5, 5.41) is 9.93. The van der Waals surface area contributed by atoms with Crippen LogP contribution in [0.15, 0.2) is 30.3 Å². The van der Waals surface area contributed by atoms with Gasteiger partial charge < -0.3 is 14.7 Å². The van der Waals surface area contributed by atoms with E-state index in [2.05, 4.69) is 29.2 Å². The van der Waals surface area contributed by atoms with Gasteiger partial charge in [0.15, 0.2) is 0 Å². The number of hydrogen-bond donors (Lipinski definition) is 1. The summed E-state index contributed by atoms with van der Waals surface area (Å²) in [4.78, 5) is 16.5. The lowest BCUT2D eigenvalue weighted by molar-refractivity contribution is -0.138. The highest BCUT2D eigenvalue weighted by Gasteiger charge is 2.47. The molecule has 138 valence electrons. The van der Waals surface area contributed by atoms with Gasteiger partial charge in [-0.3, -0.25) is 9.69 Å². The molecule has 0 aromatic heterocycles. The molecule has 5 nitrogen and oxygen atoms in total. The van der Waals surface area contributed by atoms with Crippen LogP contribution in [0.3, 0.4) is 0 Å². The zero-order valence-electron chi connectivity index (χ0n) is 15.2. The summed E-state index contributed by atoms with van der Waals surface area (Å²) in [6.45, 7) is 7.36. The summed E-state index contributed by atoms with van der Waals surface area (Å²) in [6, 6.07) is 10.5. The monoisotopic (exact) mass is 346 g/mol. The number of benzene rings is 1. The molecule has 0 radical (unpaired) electrons. The van der Waals surface area contributed by atoms with Crippen LogP contribution in [0.25, 0.3) is 0 Å². The summed E-state index contributed by atoms with van der Waals surface area (Å²) >= 11 is 0. The summed E-state index contributed by atoms with van der Waals surface area (Å²) in [6.07, 6.45) is 1.95. The number of amides is 1. The number of carbonyl (C=O) groups is 1. The Morgan fingerprint density at radius 3 is 2.64 bits per heavy atom. The van der Waals surface area contributed by atoms with Crippen LogP contribution in [-0.4, -0.2) is 66.8 Å². The Morgan fingerprint density at radius 2 is 2.00 bits per heavy atom. The average molecular weight is 346 g/mol. The lowest BCUT2D eigenvalue weighted by Crippen LogP contribution is -2.48. The fraction of sp³-hybridized carbons (Fsp3) is 0.650. The Kier molecular flexibility index (Phi) is 6.10. The molecule has 2 aliphatic heterocycles. The fourth-order valence-electron chi connectivity index (χ4n) is 4.41. The first kappa shape index (κ1) is 18.4. The lowest BCUT2D eigenvalue weighted by atomic mass is 9.71. The van der Waals surface area contributed by atoms with Gasteiger partial charge in [-0.25, -0.2) is 0 Å². The maximum absolute atomic E-state index is 12.2. The summed E-state index contributed by atoms with van der Waals surface area (Å²) in [5.41, 5.74) is 1.46. The standard InChI is InChI=1S/C20H30N2O3/c1-2-25-15-19(24)22-10-8-20(9-11-22)16-21(13-18(20)14-23)12-17-6-4-3-5-7-17/h3-7,18,23H,2,8-16H2,1H3. The Balaban J connectivity index is 1.59. The Bertz CT molecular complexity index is 555. The first-order valence-electron chi connectivity index (χ1n) is 9.39. The number of hydrogen-bond acceptors (Lipinski definition) is 4. The second kappa shape index (κ2) is 8.30. The smallest absolute Gasteiger partial charge is 0.248 e. The van der Waals surface area contributed by atoms with E-state index in [1.54, 1.807) is 0 Å². The molecule has 2 saturated heterocycles. The van der Waals surface area contributed by atoms with Crippen molar-refractivity contribution in [1.82, 2.24) is 9.80 Å². The van der Waals surface area contributed by atoms with Gasteiger partial charge in [0.1, 0.15) is 6.61 Å². The highest BCUT2D eigenvalue weighted by molar-refractivity contribution is 5.77. The van der Waals surface area contributed by atoms with Gasteiger partial charge in [0.25, 0.3) is 0 Å². The molecule has 2 heterocycles. The van der Waals surface area contributed by atoms with Crippen LogP contribution in [0, 0.1) is 11.3 Å². The Morgan fingerprint density at radius 1 is 1.28 bits per heavy atom. The van der Waals surface area contributed by atoms with E-state index in [1.807, 2.05) is 17.9 Å². The molecule has 1 amide bonds. The van der Waals surface area contributed by atoms with E-state index in [0.717, 1.165) is 45.6 Å². The van der Waals surface area contributed by atoms with Crippen LogP contribution >= 0.6 is 0 Å². The van der Waals surface area contributed by atoms with Crippen molar-refractivity contribution in [3.63, 3.8) is 0 Å². The number of likely N-dealkylation sites (tertiary alicyclic amines) is 2. The summed E-state index contributed by atoms with van der Waals surface area (Å²) < 4.78 is 5.25. The van der Waals surface area contributed by atoms with Gasteiger partial charge in [-0.1, -0.05) is 30.3 Å². The van der Waals surface area contributed by atoms with Gasteiger partial charge in [-0.15, -0.1) is 0 Å². The molecule has 1 aromatic rings. The van der Waals surface area contributed by atoms with Crippen molar-refractivity contribution in [3.8, 4) is 0 Å². The maximum Gasteiger partial charge on any atom is 0.248 e. The number of aliphatic hydroxyl groups excluding tert-OH is 1. The molecular formula is C20H30N2O3. The van der Waals surface area contributed by atoms with Crippen molar-refractivity contribution in [1.29, 1.82) is 0 Å². The van der Waals surface area contributed by atoms with Crippen molar-refractivity contribution in [2.24, 2.45) is 11.3 Å². The minimum Gasteiger partial charge on any atom is -0.396 e. The number of carbonyl (C=O) groups excluding carboxylic acids is 1. The minimum atomic E-state index is 0.0939. The third kappa shape index (κ3) is 4.22. The van der Waals surface area contributed by atoms with Crippen molar-refractivity contribution in [2.45, 2.75) is 26.3 Å². The van der Waals surface area contributed by atoms with Gasteiger partial charge in [0, 0.05) is 51.9 Å². The van der Waals surface area contributed by atoms with Gasteiger partial charge in [-0.05, 0) is 30.7 Å². The van der Waals surface area contributed by atoms with Crippen molar-refractivity contribution in [2.75, 3.05) is 46.0 Å². The van der Waals surface area contributed by atoms with E-state index >= 15 is 0 Å². The molecule has 2 aliphatic rings. The molecule has 1 unspecified atom stereocenters. The Hall–Kier alpha value is -1.43. The molecule has 0 bridgehead atoms. The highest BCUT2D eigenvalue weighted by Crippen LogP contribution is 2.44. The van der Waals surface area contributed by atoms with Gasteiger partial charge in [-0.2, -0.15) is 0 Å². The van der Waals surface area contributed by atoms with E-state index in [0.29, 0.717) is 12.5 Å². The number of aliphatic hydroxyl groups is 1. The van der Waals surface area contributed by atoms with Crippen LogP contribution in [0.5, 0.6) is 0 Å². The zero-order chi connectivity index (χ0) is 17.7. The van der Waals surface area contributed by atoms with Crippen LogP contribution in [0.1, 0.15) is 25.3 Å². The number of ether oxygens (including phenoxy) is 1. The predicted molar refractivity (Wildman–Crippen MR) is 97.0 cm³/mol. The molecule has 1 atom stereocenters. The van der Waals surface area contributed by atoms with Gasteiger partial charge in [0.2, 0.25) is 5.91 Å². The third-order valence-corrected chi connectivity index (χ3v) is 5.89. The quantitative estimate of drug-likeness (QED) is 0.853. The van der Waals surface area contributed by atoms with E-state index in [-0.39, 0.29) is 24.5 Å². The van der Waals surface area contributed by atoms with E-state index in [9.17, 15) is 9.90 Å². The first-order valence-corrected chi connectivity index (χ1v) is 9.39. The van der Waals surface area contributed by atoms with E-state index in [1.165, 1.54) is 5.56 Å². The summed E-state index contributed by atoms with van der Waals surface area (Å²) in [7, 11) is 0. The molecule has 3 rings (SSSR count). The van der Waals surface area contributed by atoms with Crippen molar-refractivity contribution in [3.05, 3.63) is 35.9 Å². The van der Waals surface area contributed by atoms with E-state index in [4.69, 9.17) is 4.74 Å².